The Balaban J connectivity index is 2.44. The molecule has 0 radical (unpaired) electrons. The molecule has 1 rings (SSSR count). The van der Waals surface area contributed by atoms with Gasteiger partial charge in [-0.05, 0) is 24.6 Å². The molecule has 0 aliphatic carbocycles. The lowest BCUT2D eigenvalue weighted by molar-refractivity contribution is -0.119. The molecule has 0 saturated heterocycles. The Bertz CT molecular complexity index is 406. The van der Waals surface area contributed by atoms with E-state index in [0.717, 1.165) is 5.56 Å². The van der Waals surface area contributed by atoms with E-state index in [0.29, 0.717) is 0 Å². The summed E-state index contributed by atoms with van der Waals surface area (Å²) in [5.74, 6) is -0.820. The number of carbonyl (C=O) groups is 2. The van der Waals surface area contributed by atoms with Crippen molar-refractivity contribution in [1.29, 1.82) is 0 Å². The van der Waals surface area contributed by atoms with E-state index in [9.17, 15) is 14.0 Å². The molecule has 0 aliphatic rings. The first-order valence-corrected chi connectivity index (χ1v) is 5.07. The lowest BCUT2D eigenvalue weighted by Gasteiger charge is -2.13. The molecule has 5 nitrogen and oxygen atoms in total. The van der Waals surface area contributed by atoms with Crippen LogP contribution in [0.1, 0.15) is 18.5 Å². The van der Waals surface area contributed by atoms with Gasteiger partial charge in [-0.25, -0.2) is 9.18 Å². The highest BCUT2D eigenvalue weighted by Crippen LogP contribution is 2.12. The van der Waals surface area contributed by atoms with Gasteiger partial charge in [0, 0.05) is 6.04 Å². The molecule has 17 heavy (non-hydrogen) atoms. The van der Waals surface area contributed by atoms with Crippen molar-refractivity contribution in [2.75, 3.05) is 6.54 Å². The quantitative estimate of drug-likeness (QED) is 0.722. The minimum atomic E-state index is -0.883. The first-order chi connectivity index (χ1) is 7.99. The Hall–Kier alpha value is -1.95. The number of hydrogen-bond donors (Lipinski definition) is 3. The van der Waals surface area contributed by atoms with E-state index >= 15 is 0 Å². The average Bonchev–Trinajstić information content (AvgIpc) is 2.26. The molecule has 4 N–H and O–H groups in total. The van der Waals surface area contributed by atoms with Crippen molar-refractivity contribution in [2.24, 2.45) is 5.73 Å². The van der Waals surface area contributed by atoms with Crippen molar-refractivity contribution < 1.29 is 14.0 Å². The van der Waals surface area contributed by atoms with Crippen LogP contribution in [0.25, 0.3) is 0 Å². The van der Waals surface area contributed by atoms with Crippen LogP contribution >= 0.6 is 0 Å². The summed E-state index contributed by atoms with van der Waals surface area (Å²) in [6.07, 6.45) is 0. The molecule has 0 aliphatic heterocycles. The zero-order valence-corrected chi connectivity index (χ0v) is 9.37. The Morgan fingerprint density at radius 2 is 1.94 bits per heavy atom. The number of nitrogens with one attached hydrogen (secondary N) is 2. The Labute approximate surface area is 98.2 Å². The molecule has 3 amide bonds. The van der Waals surface area contributed by atoms with Crippen molar-refractivity contribution in [2.45, 2.75) is 13.0 Å². The number of urea groups is 1. The number of rotatable bonds is 4. The molecule has 0 fully saturated rings. The highest BCUT2D eigenvalue weighted by molar-refractivity contribution is 5.94. The van der Waals surface area contributed by atoms with Crippen LogP contribution in [-0.2, 0) is 4.79 Å². The SMILES string of the molecule is C[C@@H](NCC(=O)NC(N)=O)c1ccc(F)cc1. The maximum atomic E-state index is 12.7. The Kier molecular flexibility index (Phi) is 4.59. The van der Waals surface area contributed by atoms with Gasteiger partial charge in [0.05, 0.1) is 6.54 Å². The van der Waals surface area contributed by atoms with E-state index in [-0.39, 0.29) is 18.4 Å². The zero-order chi connectivity index (χ0) is 12.8. The Morgan fingerprint density at radius 3 is 2.47 bits per heavy atom. The van der Waals surface area contributed by atoms with E-state index in [1.807, 2.05) is 12.2 Å². The normalized spacial score (nSPS) is 11.9. The van der Waals surface area contributed by atoms with Gasteiger partial charge in [-0.15, -0.1) is 0 Å². The van der Waals surface area contributed by atoms with Crippen LogP contribution in [0.3, 0.4) is 0 Å². The second-order valence-electron chi connectivity index (χ2n) is 3.57. The monoisotopic (exact) mass is 239 g/mol. The molecule has 0 heterocycles. The third kappa shape index (κ3) is 4.60. The number of primary amides is 1. The number of halogens is 1. The molecule has 6 heteroatoms. The molecule has 1 atom stereocenters. The summed E-state index contributed by atoms with van der Waals surface area (Å²) in [7, 11) is 0. The average molecular weight is 239 g/mol. The van der Waals surface area contributed by atoms with Gasteiger partial charge in [0.1, 0.15) is 5.82 Å². The van der Waals surface area contributed by atoms with Gasteiger partial charge in [0.25, 0.3) is 0 Å². The molecule has 0 saturated carbocycles. The predicted molar refractivity (Wildman–Crippen MR) is 60.5 cm³/mol. The van der Waals surface area contributed by atoms with E-state index in [1.54, 1.807) is 12.1 Å². The van der Waals surface area contributed by atoms with Crippen molar-refractivity contribution in [3.8, 4) is 0 Å². The molecule has 0 bridgehead atoms. The summed E-state index contributed by atoms with van der Waals surface area (Å²) in [5, 5.41) is 4.82. The van der Waals surface area contributed by atoms with Gasteiger partial charge in [0.2, 0.25) is 5.91 Å². The second kappa shape index (κ2) is 5.95. The summed E-state index contributed by atoms with van der Waals surface area (Å²) in [5.41, 5.74) is 5.63. The van der Waals surface area contributed by atoms with Crippen molar-refractivity contribution in [3.05, 3.63) is 35.6 Å². The first kappa shape index (κ1) is 13.1. The van der Waals surface area contributed by atoms with E-state index in [1.165, 1.54) is 12.1 Å². The van der Waals surface area contributed by atoms with Gasteiger partial charge < -0.3 is 11.1 Å². The number of hydrogen-bond acceptors (Lipinski definition) is 3. The number of amides is 3. The van der Waals surface area contributed by atoms with Gasteiger partial charge in [0.15, 0.2) is 0 Å². The first-order valence-electron chi connectivity index (χ1n) is 5.07. The number of nitrogens with two attached hydrogens (primary N) is 1. The number of imide groups is 1. The molecule has 1 aromatic carbocycles. The van der Waals surface area contributed by atoms with Crippen molar-refractivity contribution in [1.82, 2.24) is 10.6 Å². The molecule has 1 aromatic rings. The largest absolute Gasteiger partial charge is 0.351 e. The van der Waals surface area contributed by atoms with E-state index in [2.05, 4.69) is 5.32 Å². The van der Waals surface area contributed by atoms with Crippen LogP contribution < -0.4 is 16.4 Å². The molecular formula is C11H14FN3O2. The standard InChI is InChI=1S/C11H14FN3O2/c1-7(8-2-4-9(12)5-3-8)14-6-10(16)15-11(13)17/h2-5,7,14H,6H2,1H3,(H3,13,15,16,17)/t7-/m1/s1. The van der Waals surface area contributed by atoms with Crippen LogP contribution in [0, 0.1) is 5.82 Å². The zero-order valence-electron chi connectivity index (χ0n) is 9.37. The van der Waals surface area contributed by atoms with Crippen LogP contribution in [-0.4, -0.2) is 18.5 Å². The van der Waals surface area contributed by atoms with Gasteiger partial charge in [-0.3, -0.25) is 10.1 Å². The number of carbonyl (C=O) groups excluding carboxylic acids is 2. The van der Waals surface area contributed by atoms with Gasteiger partial charge in [-0.2, -0.15) is 0 Å². The number of benzene rings is 1. The van der Waals surface area contributed by atoms with Crippen LogP contribution in [0.4, 0.5) is 9.18 Å². The summed E-state index contributed by atoms with van der Waals surface area (Å²) < 4.78 is 12.7. The molecule has 0 unspecified atom stereocenters. The van der Waals surface area contributed by atoms with Crippen LogP contribution in [0.5, 0.6) is 0 Å². The maximum absolute atomic E-state index is 12.7. The molecule has 0 spiro atoms. The van der Waals surface area contributed by atoms with Crippen LogP contribution in [0.15, 0.2) is 24.3 Å². The lowest BCUT2D eigenvalue weighted by Crippen LogP contribution is -2.41. The van der Waals surface area contributed by atoms with Crippen LogP contribution in [0.2, 0.25) is 0 Å². The highest BCUT2D eigenvalue weighted by Gasteiger charge is 2.08. The molecular weight excluding hydrogens is 225 g/mol. The molecule has 0 aromatic heterocycles. The second-order valence-corrected chi connectivity index (χ2v) is 3.57. The lowest BCUT2D eigenvalue weighted by atomic mass is 10.1. The van der Waals surface area contributed by atoms with Crippen molar-refractivity contribution in [3.63, 3.8) is 0 Å². The fraction of sp³-hybridized carbons (Fsp3) is 0.273. The Morgan fingerprint density at radius 1 is 1.35 bits per heavy atom. The van der Waals surface area contributed by atoms with E-state index in [4.69, 9.17) is 5.73 Å². The summed E-state index contributed by atoms with van der Waals surface area (Å²) in [6, 6.07) is 4.92. The topological polar surface area (TPSA) is 84.2 Å². The summed E-state index contributed by atoms with van der Waals surface area (Å²) >= 11 is 0. The minimum Gasteiger partial charge on any atom is -0.351 e. The third-order valence-corrected chi connectivity index (χ3v) is 2.20. The highest BCUT2D eigenvalue weighted by atomic mass is 19.1. The summed E-state index contributed by atoms with van der Waals surface area (Å²) in [4.78, 5) is 21.5. The maximum Gasteiger partial charge on any atom is 0.318 e. The fourth-order valence-corrected chi connectivity index (χ4v) is 1.30. The third-order valence-electron chi connectivity index (χ3n) is 2.20. The van der Waals surface area contributed by atoms with E-state index < -0.39 is 11.9 Å². The summed E-state index contributed by atoms with van der Waals surface area (Å²) in [6.45, 7) is 1.78. The smallest absolute Gasteiger partial charge is 0.318 e. The fourth-order valence-electron chi connectivity index (χ4n) is 1.30. The minimum absolute atomic E-state index is 0.0402. The predicted octanol–water partition coefficient (Wildman–Crippen LogP) is 0.671. The van der Waals surface area contributed by atoms with Gasteiger partial charge in [-0.1, -0.05) is 12.1 Å². The molecule has 92 valence electrons. The van der Waals surface area contributed by atoms with Gasteiger partial charge >= 0.3 is 6.03 Å². The van der Waals surface area contributed by atoms with Crippen molar-refractivity contribution >= 4 is 11.9 Å².